The molecule has 134 valence electrons. The molecule has 1 N–H and O–H groups in total. The Hall–Kier alpha value is -2.56. The Morgan fingerprint density at radius 3 is 2.84 bits per heavy atom. The SMILES string of the molecule is CCCCN(C)c1ccnc(C(=O)NCCc2ccccc2OC)c1. The molecular weight excluding hydrogens is 314 g/mol. The summed E-state index contributed by atoms with van der Waals surface area (Å²) in [6.07, 6.45) is 4.67. The number of carbonyl (C=O) groups is 1. The van der Waals surface area contributed by atoms with Crippen molar-refractivity contribution in [2.24, 2.45) is 0 Å². The number of rotatable bonds is 9. The molecule has 25 heavy (non-hydrogen) atoms. The van der Waals surface area contributed by atoms with E-state index in [9.17, 15) is 4.79 Å². The predicted octanol–water partition coefficient (Wildman–Crippen LogP) is 3.30. The molecule has 0 saturated carbocycles. The number of amides is 1. The lowest BCUT2D eigenvalue weighted by Crippen LogP contribution is -2.27. The van der Waals surface area contributed by atoms with Crippen molar-refractivity contribution in [3.8, 4) is 5.75 Å². The molecule has 5 nitrogen and oxygen atoms in total. The van der Waals surface area contributed by atoms with Gasteiger partial charge in [-0.25, -0.2) is 0 Å². The van der Waals surface area contributed by atoms with Gasteiger partial charge in [0.25, 0.3) is 5.91 Å². The second kappa shape index (κ2) is 9.67. The Balaban J connectivity index is 1.92. The minimum Gasteiger partial charge on any atom is -0.496 e. The maximum absolute atomic E-state index is 12.4. The third-order valence-electron chi connectivity index (χ3n) is 4.14. The molecule has 1 aromatic carbocycles. The van der Waals surface area contributed by atoms with Crippen LogP contribution in [-0.2, 0) is 6.42 Å². The lowest BCUT2D eigenvalue weighted by atomic mass is 10.1. The van der Waals surface area contributed by atoms with Gasteiger partial charge >= 0.3 is 0 Å². The summed E-state index contributed by atoms with van der Waals surface area (Å²) >= 11 is 0. The molecule has 1 heterocycles. The Morgan fingerprint density at radius 1 is 1.28 bits per heavy atom. The van der Waals surface area contributed by atoms with Gasteiger partial charge in [-0.05, 0) is 36.6 Å². The van der Waals surface area contributed by atoms with E-state index < -0.39 is 0 Å². The van der Waals surface area contributed by atoms with Gasteiger partial charge in [0, 0.05) is 32.0 Å². The van der Waals surface area contributed by atoms with Crippen LogP contribution in [0, 0.1) is 0 Å². The molecular formula is C20H27N3O2. The minimum atomic E-state index is -0.152. The predicted molar refractivity (Wildman–Crippen MR) is 101 cm³/mol. The van der Waals surface area contributed by atoms with Crippen LogP contribution >= 0.6 is 0 Å². The van der Waals surface area contributed by atoms with Crippen LogP contribution in [0.2, 0.25) is 0 Å². The molecule has 0 radical (unpaired) electrons. The fourth-order valence-corrected chi connectivity index (χ4v) is 2.62. The fourth-order valence-electron chi connectivity index (χ4n) is 2.62. The van der Waals surface area contributed by atoms with Gasteiger partial charge in [0.2, 0.25) is 0 Å². The quantitative estimate of drug-likeness (QED) is 0.760. The normalized spacial score (nSPS) is 10.4. The van der Waals surface area contributed by atoms with Crippen molar-refractivity contribution in [2.45, 2.75) is 26.2 Å². The first kappa shape index (κ1) is 18.8. The third-order valence-corrected chi connectivity index (χ3v) is 4.14. The van der Waals surface area contributed by atoms with Crippen LogP contribution in [0.1, 0.15) is 35.8 Å². The highest BCUT2D eigenvalue weighted by atomic mass is 16.5. The smallest absolute Gasteiger partial charge is 0.269 e. The number of nitrogens with one attached hydrogen (secondary N) is 1. The number of unbranched alkanes of at least 4 members (excludes halogenated alkanes) is 1. The minimum absolute atomic E-state index is 0.152. The topological polar surface area (TPSA) is 54.5 Å². The maximum atomic E-state index is 12.4. The van der Waals surface area contributed by atoms with E-state index in [1.807, 2.05) is 43.4 Å². The van der Waals surface area contributed by atoms with Crippen LogP contribution in [0.3, 0.4) is 0 Å². The molecule has 1 aromatic heterocycles. The third kappa shape index (κ3) is 5.48. The standard InChI is InChI=1S/C20H27N3O2/c1-4-5-14-23(2)17-11-13-21-18(15-17)20(24)22-12-10-16-8-6-7-9-19(16)25-3/h6-9,11,13,15H,4-5,10,12,14H2,1-3H3,(H,22,24). The number of anilines is 1. The number of para-hydroxylation sites is 1. The van der Waals surface area contributed by atoms with E-state index >= 15 is 0 Å². The molecule has 2 rings (SSSR count). The van der Waals surface area contributed by atoms with E-state index in [1.165, 1.54) is 0 Å². The van der Waals surface area contributed by atoms with Crippen molar-refractivity contribution in [3.05, 3.63) is 53.9 Å². The summed E-state index contributed by atoms with van der Waals surface area (Å²) in [4.78, 5) is 18.7. The first-order valence-electron chi connectivity index (χ1n) is 8.73. The number of pyridine rings is 1. The molecule has 0 spiro atoms. The summed E-state index contributed by atoms with van der Waals surface area (Å²) in [5.41, 5.74) is 2.53. The second-order valence-electron chi connectivity index (χ2n) is 5.99. The van der Waals surface area contributed by atoms with E-state index in [0.29, 0.717) is 18.7 Å². The van der Waals surface area contributed by atoms with Gasteiger partial charge < -0.3 is 15.0 Å². The number of ether oxygens (including phenoxy) is 1. The molecule has 1 amide bonds. The van der Waals surface area contributed by atoms with Gasteiger partial charge in [0.1, 0.15) is 11.4 Å². The molecule has 0 atom stereocenters. The highest BCUT2D eigenvalue weighted by molar-refractivity contribution is 5.93. The van der Waals surface area contributed by atoms with Crippen LogP contribution < -0.4 is 15.0 Å². The van der Waals surface area contributed by atoms with Gasteiger partial charge in [0.05, 0.1) is 7.11 Å². The van der Waals surface area contributed by atoms with Crippen molar-refractivity contribution in [2.75, 3.05) is 32.1 Å². The summed E-state index contributed by atoms with van der Waals surface area (Å²) in [7, 11) is 3.69. The molecule has 0 aliphatic carbocycles. The van der Waals surface area contributed by atoms with Gasteiger partial charge in [-0.15, -0.1) is 0 Å². The lowest BCUT2D eigenvalue weighted by molar-refractivity contribution is 0.0949. The van der Waals surface area contributed by atoms with E-state index in [4.69, 9.17) is 4.74 Å². The Bertz CT molecular complexity index is 688. The largest absolute Gasteiger partial charge is 0.496 e. The summed E-state index contributed by atoms with van der Waals surface area (Å²) in [6, 6.07) is 11.6. The van der Waals surface area contributed by atoms with Crippen LogP contribution in [0.15, 0.2) is 42.6 Å². The number of hydrogen-bond acceptors (Lipinski definition) is 4. The highest BCUT2D eigenvalue weighted by Crippen LogP contribution is 2.17. The average molecular weight is 341 g/mol. The zero-order valence-corrected chi connectivity index (χ0v) is 15.3. The van der Waals surface area contributed by atoms with Crippen molar-refractivity contribution < 1.29 is 9.53 Å². The number of benzene rings is 1. The molecule has 0 saturated heterocycles. The number of methoxy groups -OCH3 is 1. The number of carbonyl (C=O) groups excluding carboxylic acids is 1. The monoisotopic (exact) mass is 341 g/mol. The lowest BCUT2D eigenvalue weighted by Gasteiger charge is -2.19. The molecule has 0 aliphatic heterocycles. The van der Waals surface area contributed by atoms with Gasteiger partial charge in [-0.3, -0.25) is 9.78 Å². The summed E-state index contributed by atoms with van der Waals surface area (Å²) in [5.74, 6) is 0.690. The molecule has 0 bridgehead atoms. The average Bonchev–Trinajstić information content (AvgIpc) is 2.66. The zero-order chi connectivity index (χ0) is 18.1. The van der Waals surface area contributed by atoms with E-state index in [-0.39, 0.29) is 5.91 Å². The van der Waals surface area contributed by atoms with E-state index in [0.717, 1.165) is 36.4 Å². The van der Waals surface area contributed by atoms with Crippen molar-refractivity contribution in [1.29, 1.82) is 0 Å². The van der Waals surface area contributed by atoms with E-state index in [1.54, 1.807) is 13.3 Å². The van der Waals surface area contributed by atoms with Crippen LogP contribution in [0.5, 0.6) is 5.75 Å². The van der Waals surface area contributed by atoms with Crippen molar-refractivity contribution in [1.82, 2.24) is 10.3 Å². The van der Waals surface area contributed by atoms with Gasteiger partial charge in [-0.1, -0.05) is 31.5 Å². The molecule has 0 fully saturated rings. The highest BCUT2D eigenvalue weighted by Gasteiger charge is 2.10. The zero-order valence-electron chi connectivity index (χ0n) is 15.3. The van der Waals surface area contributed by atoms with Crippen molar-refractivity contribution >= 4 is 11.6 Å². The summed E-state index contributed by atoms with van der Waals surface area (Å²) in [5, 5.41) is 2.93. The van der Waals surface area contributed by atoms with Gasteiger partial charge in [0.15, 0.2) is 0 Å². The Labute approximate surface area is 150 Å². The van der Waals surface area contributed by atoms with Crippen LogP contribution in [0.25, 0.3) is 0 Å². The van der Waals surface area contributed by atoms with Crippen molar-refractivity contribution in [3.63, 3.8) is 0 Å². The van der Waals surface area contributed by atoms with Crippen LogP contribution in [0.4, 0.5) is 5.69 Å². The first-order chi connectivity index (χ1) is 12.2. The summed E-state index contributed by atoms with van der Waals surface area (Å²) < 4.78 is 5.33. The van der Waals surface area contributed by atoms with Gasteiger partial charge in [-0.2, -0.15) is 0 Å². The molecule has 0 unspecified atom stereocenters. The number of nitrogens with zero attached hydrogens (tertiary/aromatic N) is 2. The maximum Gasteiger partial charge on any atom is 0.269 e. The second-order valence-corrected chi connectivity index (χ2v) is 5.99. The summed E-state index contributed by atoms with van der Waals surface area (Å²) in [6.45, 7) is 3.67. The Kier molecular flexibility index (Phi) is 7.26. The fraction of sp³-hybridized carbons (Fsp3) is 0.400. The van der Waals surface area contributed by atoms with Crippen LogP contribution in [-0.4, -0.2) is 38.1 Å². The Morgan fingerprint density at radius 2 is 2.08 bits per heavy atom. The molecule has 5 heteroatoms. The molecule has 2 aromatic rings. The number of aromatic nitrogens is 1. The molecule has 0 aliphatic rings. The van der Waals surface area contributed by atoms with E-state index in [2.05, 4.69) is 22.1 Å². The first-order valence-corrected chi connectivity index (χ1v) is 8.73. The number of hydrogen-bond donors (Lipinski definition) is 1.